The number of oxime groups is 1. The predicted octanol–water partition coefficient (Wildman–Crippen LogP) is 5.03. The molecule has 4 rings (SSSR count). The Morgan fingerprint density at radius 3 is 2.40 bits per heavy atom. The topological polar surface area (TPSA) is 84.0 Å². The molecule has 2 N–H and O–H groups in total. The Labute approximate surface area is 217 Å². The summed E-state index contributed by atoms with van der Waals surface area (Å²) in [5, 5.41) is 5.43. The van der Waals surface area contributed by atoms with Crippen molar-refractivity contribution < 1.29 is 9.63 Å². The molecule has 35 heavy (non-hydrogen) atoms. The first-order valence-electron chi connectivity index (χ1n) is 12.2. The van der Waals surface area contributed by atoms with E-state index in [-0.39, 0.29) is 23.8 Å². The average molecular weight is 518 g/mol. The van der Waals surface area contributed by atoms with Gasteiger partial charge in [-0.05, 0) is 75.5 Å². The summed E-state index contributed by atoms with van der Waals surface area (Å²) in [6.45, 7) is 5.41. The fourth-order valence-electron chi connectivity index (χ4n) is 5.24. The summed E-state index contributed by atoms with van der Waals surface area (Å²) >= 11 is 12.5. The van der Waals surface area contributed by atoms with Crippen LogP contribution in [-0.4, -0.2) is 59.7 Å². The first kappa shape index (κ1) is 25.7. The largest absolute Gasteiger partial charge is 0.399 e. The second-order valence-electron chi connectivity index (χ2n) is 9.38. The number of benzene rings is 1. The Morgan fingerprint density at radius 2 is 1.77 bits per heavy atom. The van der Waals surface area contributed by atoms with Gasteiger partial charge in [-0.3, -0.25) is 9.69 Å². The molecule has 2 aliphatic rings. The van der Waals surface area contributed by atoms with Crippen molar-refractivity contribution in [3.05, 3.63) is 57.7 Å². The number of nitrogen functional groups attached to an aromatic ring is 1. The van der Waals surface area contributed by atoms with E-state index in [0.29, 0.717) is 29.0 Å². The van der Waals surface area contributed by atoms with E-state index in [1.807, 2.05) is 29.2 Å². The molecule has 2 aliphatic heterocycles. The number of carbonyl (C=O) groups is 1. The van der Waals surface area contributed by atoms with Crippen molar-refractivity contribution in [1.82, 2.24) is 14.8 Å². The molecule has 3 heterocycles. The van der Waals surface area contributed by atoms with Crippen molar-refractivity contribution in [3.63, 3.8) is 0 Å². The highest BCUT2D eigenvalue weighted by molar-refractivity contribution is 6.37. The molecule has 9 heteroatoms. The summed E-state index contributed by atoms with van der Waals surface area (Å²) in [6, 6.07) is 9.62. The van der Waals surface area contributed by atoms with Crippen molar-refractivity contribution in [2.24, 2.45) is 17.0 Å². The third kappa shape index (κ3) is 6.08. The number of piperidine rings is 2. The van der Waals surface area contributed by atoms with Gasteiger partial charge in [0.05, 0.1) is 10.7 Å². The highest BCUT2D eigenvalue weighted by atomic mass is 35.5. The maximum atomic E-state index is 13.3. The first-order valence-corrected chi connectivity index (χ1v) is 12.9. The zero-order chi connectivity index (χ0) is 24.9. The SMILES string of the molecule is CO/N=C(/c1ccc(Cl)cc1Cl)C1CCN(C(=O)C2CCN(C(C)c3ccnc(N)c3)CC2)CC1. The third-order valence-electron chi connectivity index (χ3n) is 7.30. The number of nitrogens with zero attached hydrogens (tertiary/aromatic N) is 4. The molecule has 7 nitrogen and oxygen atoms in total. The Kier molecular flexibility index (Phi) is 8.52. The molecule has 0 saturated carbocycles. The molecule has 1 aromatic heterocycles. The minimum atomic E-state index is 0.0790. The molecule has 0 spiro atoms. The van der Waals surface area contributed by atoms with E-state index in [9.17, 15) is 4.79 Å². The average Bonchev–Trinajstić information content (AvgIpc) is 2.87. The second-order valence-corrected chi connectivity index (χ2v) is 10.2. The Morgan fingerprint density at radius 1 is 1.09 bits per heavy atom. The summed E-state index contributed by atoms with van der Waals surface area (Å²) in [5.41, 5.74) is 8.67. The van der Waals surface area contributed by atoms with Crippen LogP contribution in [-0.2, 0) is 9.63 Å². The number of rotatable bonds is 6. The maximum absolute atomic E-state index is 13.3. The lowest BCUT2D eigenvalue weighted by molar-refractivity contribution is -0.138. The van der Waals surface area contributed by atoms with Gasteiger partial charge in [0, 0.05) is 47.8 Å². The summed E-state index contributed by atoms with van der Waals surface area (Å²) in [7, 11) is 1.54. The van der Waals surface area contributed by atoms with Crippen LogP contribution in [0.3, 0.4) is 0 Å². The highest BCUT2D eigenvalue weighted by Crippen LogP contribution is 2.31. The lowest BCUT2D eigenvalue weighted by Crippen LogP contribution is -2.46. The van der Waals surface area contributed by atoms with E-state index < -0.39 is 0 Å². The molecular weight excluding hydrogens is 485 g/mol. The molecule has 1 aromatic carbocycles. The van der Waals surface area contributed by atoms with E-state index >= 15 is 0 Å². The van der Waals surface area contributed by atoms with Crippen molar-refractivity contribution in [2.75, 3.05) is 39.0 Å². The van der Waals surface area contributed by atoms with Crippen LogP contribution in [0.1, 0.15) is 49.8 Å². The van der Waals surface area contributed by atoms with Crippen LogP contribution in [0.2, 0.25) is 10.0 Å². The number of amides is 1. The Bertz CT molecular complexity index is 1060. The number of pyridine rings is 1. The summed E-state index contributed by atoms with van der Waals surface area (Å²) in [6.07, 6.45) is 5.16. The number of nitrogens with two attached hydrogens (primary N) is 1. The van der Waals surface area contributed by atoms with Crippen molar-refractivity contribution in [1.29, 1.82) is 0 Å². The Balaban J connectivity index is 1.32. The first-order chi connectivity index (χ1) is 16.9. The van der Waals surface area contributed by atoms with Crippen molar-refractivity contribution >= 4 is 40.6 Å². The number of anilines is 1. The van der Waals surface area contributed by atoms with Crippen LogP contribution in [0.25, 0.3) is 0 Å². The lowest BCUT2D eigenvalue weighted by atomic mass is 9.87. The Hall–Kier alpha value is -2.35. The van der Waals surface area contributed by atoms with Gasteiger partial charge in [-0.25, -0.2) is 4.98 Å². The second kappa shape index (κ2) is 11.6. The standard InChI is InChI=1S/C26H33Cl2N5O2/c1-17(20-5-10-30-24(29)15-20)32-11-8-19(9-12-32)26(34)33-13-6-18(7-14-33)25(31-35-2)22-4-3-21(27)16-23(22)28/h3-5,10,15-19H,6-9,11-14H2,1-2H3,(H2,29,30)/b31-25+. The zero-order valence-corrected chi connectivity index (χ0v) is 21.8. The van der Waals surface area contributed by atoms with Gasteiger partial charge in [-0.1, -0.05) is 34.4 Å². The molecule has 1 atom stereocenters. The number of aromatic nitrogens is 1. The number of hydrogen-bond donors (Lipinski definition) is 1. The molecule has 2 fully saturated rings. The third-order valence-corrected chi connectivity index (χ3v) is 7.85. The van der Waals surface area contributed by atoms with Gasteiger partial charge < -0.3 is 15.5 Å². The molecule has 1 unspecified atom stereocenters. The van der Waals surface area contributed by atoms with Crippen LogP contribution in [0, 0.1) is 11.8 Å². The molecular formula is C26H33Cl2N5O2. The van der Waals surface area contributed by atoms with E-state index in [1.165, 1.54) is 5.56 Å². The van der Waals surface area contributed by atoms with Gasteiger partial charge in [-0.15, -0.1) is 0 Å². The monoisotopic (exact) mass is 517 g/mol. The van der Waals surface area contributed by atoms with E-state index in [1.54, 1.807) is 19.4 Å². The normalized spacial score (nSPS) is 19.5. The summed E-state index contributed by atoms with van der Waals surface area (Å²) < 4.78 is 0. The quantitative estimate of drug-likeness (QED) is 0.428. The van der Waals surface area contributed by atoms with Crippen molar-refractivity contribution in [3.8, 4) is 0 Å². The molecule has 0 aliphatic carbocycles. The number of carbonyl (C=O) groups excluding carboxylic acids is 1. The van der Waals surface area contributed by atoms with E-state index in [4.69, 9.17) is 33.8 Å². The maximum Gasteiger partial charge on any atom is 0.225 e. The number of halogens is 2. The fraction of sp³-hybridized carbons (Fsp3) is 0.500. The van der Waals surface area contributed by atoms with Gasteiger partial charge in [0.1, 0.15) is 12.9 Å². The predicted molar refractivity (Wildman–Crippen MR) is 141 cm³/mol. The van der Waals surface area contributed by atoms with Gasteiger partial charge in [-0.2, -0.15) is 0 Å². The van der Waals surface area contributed by atoms with Crippen LogP contribution < -0.4 is 5.73 Å². The van der Waals surface area contributed by atoms with Gasteiger partial charge in [0.2, 0.25) is 5.91 Å². The van der Waals surface area contributed by atoms with E-state index in [2.05, 4.69) is 22.0 Å². The summed E-state index contributed by atoms with van der Waals surface area (Å²) in [4.78, 5) is 27.0. The van der Waals surface area contributed by atoms with E-state index in [0.717, 1.165) is 50.0 Å². The van der Waals surface area contributed by atoms with Crippen LogP contribution in [0.15, 0.2) is 41.7 Å². The van der Waals surface area contributed by atoms with Crippen LogP contribution in [0.4, 0.5) is 5.82 Å². The minimum absolute atomic E-state index is 0.0790. The molecule has 188 valence electrons. The smallest absolute Gasteiger partial charge is 0.225 e. The minimum Gasteiger partial charge on any atom is -0.399 e. The molecule has 0 radical (unpaired) electrons. The summed E-state index contributed by atoms with van der Waals surface area (Å²) in [5.74, 6) is 1.07. The van der Waals surface area contributed by atoms with Gasteiger partial charge in [0.25, 0.3) is 0 Å². The highest BCUT2D eigenvalue weighted by Gasteiger charge is 2.34. The number of likely N-dealkylation sites (tertiary alicyclic amines) is 2. The van der Waals surface area contributed by atoms with Crippen molar-refractivity contribution in [2.45, 2.75) is 38.6 Å². The van der Waals surface area contributed by atoms with Crippen LogP contribution >= 0.6 is 23.2 Å². The van der Waals surface area contributed by atoms with Crippen LogP contribution in [0.5, 0.6) is 0 Å². The fourth-order valence-corrected chi connectivity index (χ4v) is 5.75. The van der Waals surface area contributed by atoms with Gasteiger partial charge in [0.15, 0.2) is 0 Å². The molecule has 1 amide bonds. The molecule has 0 bridgehead atoms. The molecule has 2 saturated heterocycles. The lowest BCUT2D eigenvalue weighted by Gasteiger charge is -2.39. The van der Waals surface area contributed by atoms with Gasteiger partial charge >= 0.3 is 0 Å². The zero-order valence-electron chi connectivity index (χ0n) is 20.3. The molecule has 2 aromatic rings. The number of hydrogen-bond acceptors (Lipinski definition) is 6.